The maximum absolute atomic E-state index is 13.1. The highest BCUT2D eigenvalue weighted by Gasteiger charge is 2.64. The van der Waals surface area contributed by atoms with E-state index in [2.05, 4.69) is 95.3 Å². The van der Waals surface area contributed by atoms with Crippen LogP contribution in [0.1, 0.15) is 85.1 Å². The lowest BCUT2D eigenvalue weighted by Gasteiger charge is -2.57. The van der Waals surface area contributed by atoms with Crippen LogP contribution >= 0.6 is 0 Å². The maximum Gasteiger partial charge on any atom is 0.261 e. The Balaban J connectivity index is 1.29. The molecule has 244 valence electrons. The van der Waals surface area contributed by atoms with Crippen LogP contribution in [0.2, 0.25) is 5.04 Å². The first-order valence-electron chi connectivity index (χ1n) is 17.4. The fourth-order valence-electron chi connectivity index (χ4n) is 10.4. The molecule has 3 aliphatic rings. The molecule has 0 heterocycles. The number of aldehydes is 2. The molecule has 8 atom stereocenters. The number of benzene rings is 3. The van der Waals surface area contributed by atoms with E-state index >= 15 is 0 Å². The number of fused-ring (bicyclic) bond motifs is 1. The highest BCUT2D eigenvalue weighted by molar-refractivity contribution is 6.99. The van der Waals surface area contributed by atoms with E-state index in [-0.39, 0.29) is 45.6 Å². The SMILES string of the molecule is CC(C)(C)[Si](O[C@H]1CC[C@@](C)([C@H]2CC[C@@]3(C)[C@@H](CC[C@@]3(O)c3ccccc3)[C@@H]2C=O)[C@@H](C=O)C1)(c1ccccc1)c1ccccc1. The summed E-state index contributed by atoms with van der Waals surface area (Å²) in [5.74, 6) is -0.192. The summed E-state index contributed by atoms with van der Waals surface area (Å²) < 4.78 is 7.52. The average Bonchev–Trinajstić information content (AvgIpc) is 3.35. The van der Waals surface area contributed by atoms with E-state index in [9.17, 15) is 14.7 Å². The van der Waals surface area contributed by atoms with Crippen molar-refractivity contribution in [3.63, 3.8) is 0 Å². The first kappa shape index (κ1) is 33.1. The van der Waals surface area contributed by atoms with Gasteiger partial charge in [-0.05, 0) is 83.2 Å². The van der Waals surface area contributed by atoms with Crippen LogP contribution in [0.3, 0.4) is 0 Å². The van der Waals surface area contributed by atoms with E-state index in [1.165, 1.54) is 22.9 Å². The third-order valence-electron chi connectivity index (χ3n) is 13.0. The van der Waals surface area contributed by atoms with Gasteiger partial charge in [-0.3, -0.25) is 0 Å². The summed E-state index contributed by atoms with van der Waals surface area (Å²) in [5, 5.41) is 14.6. The molecule has 0 radical (unpaired) electrons. The van der Waals surface area contributed by atoms with Gasteiger partial charge >= 0.3 is 0 Å². The van der Waals surface area contributed by atoms with Gasteiger partial charge in [0.1, 0.15) is 12.6 Å². The van der Waals surface area contributed by atoms with Crippen LogP contribution in [-0.4, -0.2) is 32.1 Å². The standard InChI is InChI=1S/C41H52O4Si/c1-38(2,3)46(33-17-11-7-12-18-33,34-19-13-8-14-20-34)45-32-21-24-39(4,31(27-32)28-42)36-22-25-40(5)37(35(36)29-43)23-26-41(40,44)30-15-9-6-10-16-30/h6-20,28-29,31-32,35-37,44H,21-27H2,1-5H3/t31-,32+,35-,36+,37+,39-,40+,41-/m1/s1. The zero-order valence-corrected chi connectivity index (χ0v) is 29.3. The largest absolute Gasteiger partial charge is 0.404 e. The van der Waals surface area contributed by atoms with E-state index in [0.717, 1.165) is 37.7 Å². The molecular formula is C41H52O4Si. The van der Waals surface area contributed by atoms with Gasteiger partial charge in [-0.2, -0.15) is 0 Å². The molecule has 0 aliphatic heterocycles. The van der Waals surface area contributed by atoms with Crippen molar-refractivity contribution in [1.82, 2.24) is 0 Å². The Morgan fingerprint density at radius 3 is 1.80 bits per heavy atom. The van der Waals surface area contributed by atoms with Crippen molar-refractivity contribution in [3.05, 3.63) is 96.6 Å². The number of hydrogen-bond acceptors (Lipinski definition) is 4. The smallest absolute Gasteiger partial charge is 0.261 e. The molecule has 1 N–H and O–H groups in total. The summed E-state index contributed by atoms with van der Waals surface area (Å²) in [4.78, 5) is 26.1. The summed E-state index contributed by atoms with van der Waals surface area (Å²) in [5.41, 5.74) is -0.668. The lowest BCUT2D eigenvalue weighted by Crippen LogP contribution is -2.68. The third-order valence-corrected chi connectivity index (χ3v) is 18.1. The van der Waals surface area contributed by atoms with E-state index in [1.54, 1.807) is 0 Å². The lowest BCUT2D eigenvalue weighted by molar-refractivity contribution is -0.153. The van der Waals surface area contributed by atoms with Crippen LogP contribution < -0.4 is 10.4 Å². The lowest BCUT2D eigenvalue weighted by atomic mass is 9.48. The minimum absolute atomic E-state index is 0.0484. The van der Waals surface area contributed by atoms with Crippen LogP contribution in [0.5, 0.6) is 0 Å². The number of carbonyl (C=O) groups excluding carboxylic acids is 2. The predicted octanol–water partition coefficient (Wildman–Crippen LogP) is 7.47. The molecule has 0 unspecified atom stereocenters. The molecule has 46 heavy (non-hydrogen) atoms. The molecule has 3 saturated carbocycles. The summed E-state index contributed by atoms with van der Waals surface area (Å²) in [6, 6.07) is 31.5. The molecule has 0 saturated heterocycles. The van der Waals surface area contributed by atoms with E-state index < -0.39 is 13.9 Å². The second-order valence-electron chi connectivity index (χ2n) is 16.1. The average molecular weight is 637 g/mol. The zero-order chi connectivity index (χ0) is 32.8. The van der Waals surface area contributed by atoms with Gasteiger partial charge in [0.05, 0.1) is 5.60 Å². The molecule has 4 nitrogen and oxygen atoms in total. The van der Waals surface area contributed by atoms with E-state index in [1.807, 2.05) is 30.3 Å². The summed E-state index contributed by atoms with van der Waals surface area (Å²) >= 11 is 0. The first-order valence-corrected chi connectivity index (χ1v) is 19.3. The van der Waals surface area contributed by atoms with Crippen molar-refractivity contribution in [2.45, 2.75) is 96.3 Å². The summed E-state index contributed by atoms with van der Waals surface area (Å²) in [7, 11) is -2.76. The van der Waals surface area contributed by atoms with Crippen molar-refractivity contribution < 1.29 is 19.1 Å². The van der Waals surface area contributed by atoms with Gasteiger partial charge in [-0.25, -0.2) is 0 Å². The summed E-state index contributed by atoms with van der Waals surface area (Å²) in [6.45, 7) is 11.4. The summed E-state index contributed by atoms with van der Waals surface area (Å²) in [6.07, 6.45) is 7.86. The topological polar surface area (TPSA) is 63.6 Å². The minimum atomic E-state index is -2.76. The molecule has 6 rings (SSSR count). The molecule has 3 aliphatic carbocycles. The Kier molecular flexibility index (Phi) is 8.84. The Labute approximate surface area is 277 Å². The molecule has 5 heteroatoms. The van der Waals surface area contributed by atoms with Crippen LogP contribution in [0.25, 0.3) is 0 Å². The Morgan fingerprint density at radius 1 is 0.739 bits per heavy atom. The molecule has 3 aromatic carbocycles. The van der Waals surface area contributed by atoms with Crippen molar-refractivity contribution in [3.8, 4) is 0 Å². The Hall–Kier alpha value is -2.86. The Bertz CT molecular complexity index is 1460. The third kappa shape index (κ3) is 5.09. The maximum atomic E-state index is 13.1. The van der Waals surface area contributed by atoms with Crippen molar-refractivity contribution >= 4 is 31.3 Å². The highest BCUT2D eigenvalue weighted by Crippen LogP contribution is 2.67. The molecule has 0 amide bonds. The fraction of sp³-hybridized carbons (Fsp3) is 0.512. The first-order chi connectivity index (χ1) is 21.9. The Morgan fingerprint density at radius 2 is 1.28 bits per heavy atom. The van der Waals surface area contributed by atoms with Gasteiger partial charge in [-0.1, -0.05) is 126 Å². The van der Waals surface area contributed by atoms with Crippen LogP contribution in [0.15, 0.2) is 91.0 Å². The van der Waals surface area contributed by atoms with E-state index in [0.29, 0.717) is 12.8 Å². The zero-order valence-electron chi connectivity index (χ0n) is 28.3. The van der Waals surface area contributed by atoms with Gasteiger partial charge in [0.25, 0.3) is 8.32 Å². The van der Waals surface area contributed by atoms with Crippen molar-refractivity contribution in [2.75, 3.05) is 0 Å². The fourth-order valence-corrected chi connectivity index (χ4v) is 15.1. The second kappa shape index (κ2) is 12.3. The van der Waals surface area contributed by atoms with Crippen LogP contribution in [0.4, 0.5) is 0 Å². The monoisotopic (exact) mass is 636 g/mol. The van der Waals surface area contributed by atoms with E-state index in [4.69, 9.17) is 4.43 Å². The number of hydrogen-bond donors (Lipinski definition) is 1. The normalized spacial score (nSPS) is 34.9. The number of rotatable bonds is 8. The van der Waals surface area contributed by atoms with Crippen LogP contribution in [0, 0.1) is 34.5 Å². The van der Waals surface area contributed by atoms with Crippen molar-refractivity contribution in [1.29, 1.82) is 0 Å². The molecular weight excluding hydrogens is 585 g/mol. The van der Waals surface area contributed by atoms with Gasteiger partial charge in [0.15, 0.2) is 0 Å². The molecule has 0 spiro atoms. The number of aliphatic hydroxyl groups is 1. The molecule has 3 fully saturated rings. The minimum Gasteiger partial charge on any atom is -0.404 e. The van der Waals surface area contributed by atoms with Gasteiger partial charge < -0.3 is 19.1 Å². The van der Waals surface area contributed by atoms with Crippen molar-refractivity contribution in [2.24, 2.45) is 34.5 Å². The molecule has 0 bridgehead atoms. The van der Waals surface area contributed by atoms with Gasteiger partial charge in [0, 0.05) is 23.4 Å². The quantitative estimate of drug-likeness (QED) is 0.206. The predicted molar refractivity (Wildman–Crippen MR) is 187 cm³/mol. The van der Waals surface area contributed by atoms with Crippen LogP contribution in [-0.2, 0) is 19.6 Å². The number of carbonyl (C=O) groups is 2. The van der Waals surface area contributed by atoms with Gasteiger partial charge in [0.2, 0.25) is 0 Å². The molecule has 3 aromatic rings. The second-order valence-corrected chi connectivity index (χ2v) is 20.3. The highest BCUT2D eigenvalue weighted by atomic mass is 28.4. The molecule has 0 aromatic heterocycles. The van der Waals surface area contributed by atoms with Gasteiger partial charge in [-0.15, -0.1) is 0 Å².